The molecule has 0 spiro atoms. The molecule has 7 heterocycles. The minimum absolute atomic E-state index is 0.000601. The number of thiophene rings is 1. The van der Waals surface area contributed by atoms with Crippen molar-refractivity contribution in [1.29, 1.82) is 5.26 Å². The van der Waals surface area contributed by atoms with Crippen molar-refractivity contribution in [1.82, 2.24) is 19.8 Å². The Hall–Kier alpha value is -3.74. The molecule has 0 radical (unpaired) electrons. The zero-order valence-corrected chi connectivity index (χ0v) is 28.5. The number of ether oxygens (including phenoxy) is 2. The summed E-state index contributed by atoms with van der Waals surface area (Å²) in [7, 11) is 0. The molecule has 0 aliphatic carbocycles. The lowest BCUT2D eigenvalue weighted by atomic mass is 9.90. The van der Waals surface area contributed by atoms with Gasteiger partial charge in [0.1, 0.15) is 41.0 Å². The number of halogens is 3. The number of nitrogens with two attached hydrogens (primary N) is 1. The summed E-state index contributed by atoms with van der Waals surface area (Å²) in [4.78, 5) is 16.4. The highest BCUT2D eigenvalue weighted by Gasteiger charge is 2.50. The van der Waals surface area contributed by atoms with Crippen LogP contribution in [0.25, 0.3) is 32.1 Å². The van der Waals surface area contributed by atoms with Gasteiger partial charge in [0.15, 0.2) is 5.82 Å². The van der Waals surface area contributed by atoms with Gasteiger partial charge in [0.05, 0.1) is 35.8 Å². The molecule has 14 heteroatoms. The number of nitrogen functional groups attached to an aromatic ring is 1. The average molecular weight is 706 g/mol. The van der Waals surface area contributed by atoms with E-state index in [1.54, 1.807) is 13.0 Å². The number of aliphatic hydroxyl groups is 1. The molecule has 2 aromatic carbocycles. The molecule has 5 aliphatic heterocycles. The highest BCUT2D eigenvalue weighted by atomic mass is 32.1. The number of likely N-dealkylation sites (tertiary alicyclic amines) is 1. The quantitative estimate of drug-likeness (QED) is 0.263. The monoisotopic (exact) mass is 705 g/mol. The van der Waals surface area contributed by atoms with Crippen molar-refractivity contribution in [2.45, 2.75) is 82.1 Å². The second-order valence-corrected chi connectivity index (χ2v) is 15.7. The van der Waals surface area contributed by atoms with Crippen LogP contribution in [0, 0.1) is 23.0 Å². The Morgan fingerprint density at radius 3 is 2.68 bits per heavy atom. The summed E-state index contributed by atoms with van der Waals surface area (Å²) in [6.45, 7) is 5.30. The van der Waals surface area contributed by atoms with Gasteiger partial charge in [-0.25, -0.2) is 13.2 Å². The van der Waals surface area contributed by atoms with E-state index in [0.29, 0.717) is 59.6 Å². The molecule has 2 aromatic heterocycles. The van der Waals surface area contributed by atoms with Crippen molar-refractivity contribution in [2.75, 3.05) is 50.0 Å². The van der Waals surface area contributed by atoms with Crippen molar-refractivity contribution in [3.05, 3.63) is 40.5 Å². The Bertz CT molecular complexity index is 2070. The smallest absolute Gasteiger partial charge is 0.319 e. The van der Waals surface area contributed by atoms with Crippen LogP contribution in [0.3, 0.4) is 0 Å². The van der Waals surface area contributed by atoms with Crippen molar-refractivity contribution in [3.8, 4) is 23.2 Å². The van der Waals surface area contributed by atoms with Gasteiger partial charge in [-0.2, -0.15) is 15.2 Å². The fraction of sp³-hybridized carbons (Fsp3) is 0.528. The number of rotatable bonds is 7. The first kappa shape index (κ1) is 32.2. The molecule has 262 valence electrons. The lowest BCUT2D eigenvalue weighted by Gasteiger charge is -2.42. The number of benzene rings is 2. The number of hydrogen-bond donors (Lipinski definition) is 2. The van der Waals surface area contributed by atoms with E-state index < -0.39 is 29.4 Å². The summed E-state index contributed by atoms with van der Waals surface area (Å²) in [6, 6.07) is 5.04. The minimum atomic E-state index is -0.940. The topological polar surface area (TPSA) is 124 Å². The molecule has 50 heavy (non-hydrogen) atoms. The Labute approximate surface area is 291 Å². The maximum atomic E-state index is 17.5. The zero-order valence-electron chi connectivity index (χ0n) is 27.7. The number of fused-ring (bicyclic) bond motifs is 7. The molecule has 0 saturated carbocycles. The number of nitriles is 1. The van der Waals surface area contributed by atoms with Crippen LogP contribution in [0.1, 0.15) is 55.7 Å². The molecule has 4 saturated heterocycles. The van der Waals surface area contributed by atoms with Crippen LogP contribution in [0.15, 0.2) is 12.1 Å². The molecule has 0 amide bonds. The van der Waals surface area contributed by atoms with Gasteiger partial charge in [-0.1, -0.05) is 0 Å². The van der Waals surface area contributed by atoms with E-state index >= 15 is 8.78 Å². The Morgan fingerprint density at radius 1 is 1.14 bits per heavy atom. The number of aromatic nitrogens is 2. The predicted molar refractivity (Wildman–Crippen MR) is 184 cm³/mol. The second-order valence-electron chi connectivity index (χ2n) is 14.7. The Balaban J connectivity index is 1.25. The summed E-state index contributed by atoms with van der Waals surface area (Å²) in [5.41, 5.74) is 6.95. The normalized spacial score (nSPS) is 27.0. The SMILES string of the molecule is CC(O)CN1CC2CCC(C1)N2c1nc(OC[C@@]23CCCN2CC(F)C3)nc2c(F)c(-c3c(F)ccc4sc(N)c(C#N)c34)c3c(c12)COC3. The van der Waals surface area contributed by atoms with Gasteiger partial charge in [0.25, 0.3) is 0 Å². The summed E-state index contributed by atoms with van der Waals surface area (Å²) in [5.74, 6) is -0.879. The fourth-order valence-electron chi connectivity index (χ4n) is 9.55. The molecule has 10 nitrogen and oxygen atoms in total. The third-order valence-corrected chi connectivity index (χ3v) is 12.5. The number of hydrogen-bond acceptors (Lipinski definition) is 11. The number of aliphatic hydroxyl groups excluding tert-OH is 1. The van der Waals surface area contributed by atoms with Crippen molar-refractivity contribution >= 4 is 43.1 Å². The summed E-state index contributed by atoms with van der Waals surface area (Å²) in [6.07, 6.45) is 2.50. The van der Waals surface area contributed by atoms with Gasteiger partial charge in [-0.05, 0) is 62.4 Å². The van der Waals surface area contributed by atoms with Gasteiger partial charge in [0, 0.05) is 65.9 Å². The van der Waals surface area contributed by atoms with E-state index in [4.69, 9.17) is 25.2 Å². The highest BCUT2D eigenvalue weighted by molar-refractivity contribution is 7.23. The summed E-state index contributed by atoms with van der Waals surface area (Å²) < 4.78 is 61.1. The largest absolute Gasteiger partial charge is 0.461 e. The molecule has 4 aromatic rings. The van der Waals surface area contributed by atoms with Gasteiger partial charge in [-0.15, -0.1) is 11.3 Å². The van der Waals surface area contributed by atoms with Crippen molar-refractivity contribution < 1.29 is 27.8 Å². The Kier molecular flexibility index (Phi) is 7.67. The summed E-state index contributed by atoms with van der Waals surface area (Å²) in [5, 5.41) is 21.2. The van der Waals surface area contributed by atoms with Crippen molar-refractivity contribution in [3.63, 3.8) is 0 Å². The number of nitrogens with zero attached hydrogens (tertiary/aromatic N) is 6. The lowest BCUT2D eigenvalue weighted by Crippen LogP contribution is -2.55. The fourth-order valence-corrected chi connectivity index (χ4v) is 10.5. The van der Waals surface area contributed by atoms with Crippen LogP contribution >= 0.6 is 11.3 Å². The first-order valence-corrected chi connectivity index (χ1v) is 18.2. The van der Waals surface area contributed by atoms with Crippen LogP contribution in [-0.4, -0.2) is 94.1 Å². The highest BCUT2D eigenvalue weighted by Crippen LogP contribution is 2.49. The van der Waals surface area contributed by atoms with Crippen LogP contribution in [0.4, 0.5) is 24.0 Å². The molecule has 3 N–H and O–H groups in total. The molecular weight excluding hydrogens is 668 g/mol. The first-order valence-electron chi connectivity index (χ1n) is 17.4. The first-order chi connectivity index (χ1) is 24.2. The predicted octanol–water partition coefficient (Wildman–Crippen LogP) is 5.26. The molecule has 4 unspecified atom stereocenters. The summed E-state index contributed by atoms with van der Waals surface area (Å²) >= 11 is 1.16. The lowest BCUT2D eigenvalue weighted by molar-refractivity contribution is 0.107. The third kappa shape index (κ3) is 4.88. The van der Waals surface area contributed by atoms with Gasteiger partial charge >= 0.3 is 6.01 Å². The van der Waals surface area contributed by atoms with E-state index in [1.807, 2.05) is 0 Å². The molecule has 4 fully saturated rings. The van der Waals surface area contributed by atoms with E-state index in [1.165, 1.54) is 6.07 Å². The average Bonchev–Trinajstić information content (AvgIpc) is 3.88. The van der Waals surface area contributed by atoms with E-state index in [-0.39, 0.29) is 70.5 Å². The molecule has 5 aliphatic rings. The molecule has 5 atom stereocenters. The van der Waals surface area contributed by atoms with Gasteiger partial charge in [0.2, 0.25) is 0 Å². The minimum Gasteiger partial charge on any atom is -0.461 e. The number of piperazine rings is 1. The van der Waals surface area contributed by atoms with Gasteiger partial charge < -0.3 is 25.2 Å². The van der Waals surface area contributed by atoms with Crippen LogP contribution in [0.2, 0.25) is 0 Å². The van der Waals surface area contributed by atoms with Crippen LogP contribution < -0.4 is 15.4 Å². The van der Waals surface area contributed by atoms with Crippen LogP contribution in [-0.2, 0) is 18.0 Å². The van der Waals surface area contributed by atoms with Gasteiger partial charge in [-0.3, -0.25) is 9.80 Å². The molecule has 9 rings (SSSR count). The van der Waals surface area contributed by atoms with Crippen LogP contribution in [0.5, 0.6) is 6.01 Å². The molecule has 2 bridgehead atoms. The maximum absolute atomic E-state index is 17.5. The van der Waals surface area contributed by atoms with E-state index in [2.05, 4.69) is 20.8 Å². The second kappa shape index (κ2) is 11.9. The van der Waals surface area contributed by atoms with E-state index in [0.717, 1.165) is 43.6 Å². The number of β-amino-alcohol motifs (C(OH)–C–C–N with tert-alkyl or cyclic N) is 1. The molecular formula is C36H38F3N7O3S. The van der Waals surface area contributed by atoms with E-state index in [9.17, 15) is 14.8 Å². The van der Waals surface area contributed by atoms with Crippen molar-refractivity contribution in [2.24, 2.45) is 0 Å². The maximum Gasteiger partial charge on any atom is 0.319 e. The number of anilines is 2. The Morgan fingerprint density at radius 2 is 1.92 bits per heavy atom. The zero-order chi connectivity index (χ0) is 34.5. The number of alkyl halides is 1. The standard InChI is InChI=1S/C36H38F3N7O3S/c1-18(47)11-44-13-20-3-4-21(14-44)46(20)34-29-24-16-48-15-23(24)28(30-25(38)5-6-26-27(30)22(10-40)33(41)50-26)31(39)32(29)42-35(43-34)49-17-36-7-2-8-45(36)12-19(37)9-36/h5-6,18-21,47H,2-4,7-9,11-17,41H2,1H3/t18?,19?,20?,21?,36-/m0/s1. The third-order valence-electron chi connectivity index (χ3n) is 11.5.